The van der Waals surface area contributed by atoms with Gasteiger partial charge in [0, 0.05) is 31.5 Å². The lowest BCUT2D eigenvalue weighted by molar-refractivity contribution is -0.384. The molecule has 0 fully saturated rings. The molecule has 0 saturated heterocycles. The monoisotopic (exact) mass is 463 g/mol. The Balaban J connectivity index is 1.61. The Kier molecular flexibility index (Phi) is 6.93. The number of nitrogens with one attached hydrogen (secondary N) is 1. The molecular formula is C25H25N3O6. The number of benzene rings is 3. The fourth-order valence-corrected chi connectivity index (χ4v) is 3.83. The summed E-state index contributed by atoms with van der Waals surface area (Å²) in [4.78, 5) is 25.4. The highest BCUT2D eigenvalue weighted by atomic mass is 16.6. The second-order valence-electron chi connectivity index (χ2n) is 7.71. The third kappa shape index (κ3) is 4.79. The highest BCUT2D eigenvalue weighted by Gasteiger charge is 2.33. The van der Waals surface area contributed by atoms with Crippen molar-refractivity contribution in [2.45, 2.75) is 12.8 Å². The molecule has 0 aliphatic carbocycles. The molecule has 176 valence electrons. The van der Waals surface area contributed by atoms with E-state index in [9.17, 15) is 14.9 Å². The van der Waals surface area contributed by atoms with E-state index in [4.69, 9.17) is 14.2 Å². The highest BCUT2D eigenvalue weighted by Crippen LogP contribution is 2.37. The van der Waals surface area contributed by atoms with Crippen LogP contribution in [0.5, 0.6) is 11.5 Å². The third-order valence-corrected chi connectivity index (χ3v) is 5.60. The molecule has 3 aromatic rings. The van der Waals surface area contributed by atoms with E-state index in [0.29, 0.717) is 30.2 Å². The number of nitrogens with zero attached hydrogens (tertiary/aromatic N) is 2. The van der Waals surface area contributed by atoms with Crippen molar-refractivity contribution in [3.05, 3.63) is 93.5 Å². The number of hydrogen-bond acceptors (Lipinski definition) is 7. The Bertz CT molecular complexity index is 1180. The lowest BCUT2D eigenvalue weighted by Gasteiger charge is -2.38. The third-order valence-electron chi connectivity index (χ3n) is 5.60. The van der Waals surface area contributed by atoms with Crippen LogP contribution in [0.25, 0.3) is 0 Å². The minimum atomic E-state index is -0.441. The Morgan fingerprint density at radius 1 is 1.03 bits per heavy atom. The smallest absolute Gasteiger partial charge is 0.269 e. The highest BCUT2D eigenvalue weighted by molar-refractivity contribution is 6.01. The van der Waals surface area contributed by atoms with Gasteiger partial charge >= 0.3 is 0 Å². The molecule has 1 heterocycles. The molecule has 0 saturated carbocycles. The molecule has 0 spiro atoms. The van der Waals surface area contributed by atoms with Crippen LogP contribution in [0, 0.1) is 10.1 Å². The first-order valence-electron chi connectivity index (χ1n) is 10.7. The number of amides is 1. The zero-order valence-corrected chi connectivity index (χ0v) is 18.9. The van der Waals surface area contributed by atoms with E-state index >= 15 is 0 Å². The number of anilines is 1. The van der Waals surface area contributed by atoms with Gasteiger partial charge in [0.1, 0.15) is 12.8 Å². The molecule has 0 radical (unpaired) electrons. The van der Waals surface area contributed by atoms with Crippen LogP contribution in [-0.2, 0) is 11.3 Å². The summed E-state index contributed by atoms with van der Waals surface area (Å²) in [5, 5.41) is 14.3. The second-order valence-corrected chi connectivity index (χ2v) is 7.71. The van der Waals surface area contributed by atoms with Gasteiger partial charge in [0.2, 0.25) is 0 Å². The predicted molar refractivity (Wildman–Crippen MR) is 126 cm³/mol. The largest absolute Gasteiger partial charge is 0.493 e. The molecule has 1 aliphatic heterocycles. The first kappa shape index (κ1) is 23.1. The van der Waals surface area contributed by atoms with E-state index in [1.165, 1.54) is 12.1 Å². The molecule has 4 rings (SSSR count). The Morgan fingerprint density at radius 2 is 1.79 bits per heavy atom. The number of ether oxygens (including phenoxy) is 3. The minimum Gasteiger partial charge on any atom is -0.493 e. The summed E-state index contributed by atoms with van der Waals surface area (Å²) in [6.07, 6.45) is -0.426. The van der Waals surface area contributed by atoms with E-state index in [-0.39, 0.29) is 18.2 Å². The maximum atomic E-state index is 13.2. The number of non-ortho nitro benzene ring substituents is 1. The average Bonchev–Trinajstić information content (AvgIpc) is 2.87. The van der Waals surface area contributed by atoms with E-state index in [1.807, 2.05) is 30.3 Å². The molecule has 9 heteroatoms. The normalized spacial score (nSPS) is 14.8. The number of nitro benzene ring substituents is 1. The van der Waals surface area contributed by atoms with E-state index in [2.05, 4.69) is 5.32 Å². The lowest BCUT2D eigenvalue weighted by Crippen LogP contribution is -2.44. The van der Waals surface area contributed by atoms with Gasteiger partial charge in [0.05, 0.1) is 24.2 Å². The van der Waals surface area contributed by atoms with Crippen LogP contribution in [0.15, 0.2) is 66.7 Å². The number of carbonyl (C=O) groups excluding carboxylic acids is 1. The molecule has 34 heavy (non-hydrogen) atoms. The molecule has 1 atom stereocenters. The van der Waals surface area contributed by atoms with Gasteiger partial charge in [0.25, 0.3) is 11.6 Å². The van der Waals surface area contributed by atoms with Crippen LogP contribution in [0.4, 0.5) is 11.4 Å². The number of rotatable bonds is 9. The minimum absolute atomic E-state index is 0.0211. The summed E-state index contributed by atoms with van der Waals surface area (Å²) in [5.41, 5.74) is 2.99. The van der Waals surface area contributed by atoms with E-state index in [1.54, 1.807) is 43.4 Å². The Hall–Kier alpha value is -4.11. The van der Waals surface area contributed by atoms with Gasteiger partial charge < -0.3 is 24.4 Å². The molecule has 0 unspecified atom stereocenters. The summed E-state index contributed by atoms with van der Waals surface area (Å²) >= 11 is 0. The van der Waals surface area contributed by atoms with Crippen LogP contribution in [-0.4, -0.2) is 43.1 Å². The molecular weight excluding hydrogens is 438 g/mol. The standard InChI is InChI=1S/C25H25N3O6/c1-32-14-13-27-24(26-21-6-4-3-5-20(21)25(27)29)18-9-12-22(33-2)23(15-18)34-16-17-7-10-19(11-8-17)28(30)31/h3-12,15,24,26H,13-14,16H2,1-2H3/t24-/m1/s1. The first-order chi connectivity index (χ1) is 16.5. The van der Waals surface area contributed by atoms with Crippen molar-refractivity contribution in [3.63, 3.8) is 0 Å². The Labute approximate surface area is 197 Å². The fraction of sp³-hybridized carbons (Fsp3) is 0.240. The van der Waals surface area contributed by atoms with Crippen LogP contribution < -0.4 is 14.8 Å². The van der Waals surface area contributed by atoms with Crippen LogP contribution in [0.1, 0.15) is 27.7 Å². The van der Waals surface area contributed by atoms with Crippen LogP contribution in [0.3, 0.4) is 0 Å². The zero-order chi connectivity index (χ0) is 24.1. The quantitative estimate of drug-likeness (QED) is 0.371. The number of nitro groups is 1. The van der Waals surface area contributed by atoms with Crippen molar-refractivity contribution in [1.82, 2.24) is 4.90 Å². The van der Waals surface area contributed by atoms with E-state index < -0.39 is 11.1 Å². The number of para-hydroxylation sites is 1. The molecule has 9 nitrogen and oxygen atoms in total. The van der Waals surface area contributed by atoms with Gasteiger partial charge in [-0.15, -0.1) is 0 Å². The number of fused-ring (bicyclic) bond motifs is 1. The summed E-state index contributed by atoms with van der Waals surface area (Å²) in [6.45, 7) is 1.00. The first-order valence-corrected chi connectivity index (χ1v) is 10.7. The van der Waals surface area contributed by atoms with Crippen molar-refractivity contribution >= 4 is 17.3 Å². The SMILES string of the molecule is COCCN1C(=O)c2ccccc2N[C@H]1c1ccc(OC)c(OCc2ccc([N+](=O)[O-])cc2)c1. The topological polar surface area (TPSA) is 103 Å². The van der Waals surface area contributed by atoms with Crippen molar-refractivity contribution < 1.29 is 23.9 Å². The molecule has 0 bridgehead atoms. The molecule has 1 N–H and O–H groups in total. The molecule has 0 aromatic heterocycles. The number of hydrogen-bond donors (Lipinski definition) is 1. The number of methoxy groups -OCH3 is 2. The van der Waals surface area contributed by atoms with E-state index in [0.717, 1.165) is 16.8 Å². The molecule has 3 aromatic carbocycles. The van der Waals surface area contributed by atoms with Gasteiger partial charge in [-0.1, -0.05) is 18.2 Å². The molecule has 1 amide bonds. The molecule has 1 aliphatic rings. The van der Waals surface area contributed by atoms with Crippen molar-refractivity contribution in [2.24, 2.45) is 0 Å². The average molecular weight is 463 g/mol. The summed E-state index contributed by atoms with van der Waals surface area (Å²) in [7, 11) is 3.15. The Morgan fingerprint density at radius 3 is 2.50 bits per heavy atom. The zero-order valence-electron chi connectivity index (χ0n) is 18.9. The van der Waals surface area contributed by atoms with Crippen LogP contribution >= 0.6 is 0 Å². The van der Waals surface area contributed by atoms with Crippen molar-refractivity contribution in [2.75, 3.05) is 32.7 Å². The summed E-state index contributed by atoms with van der Waals surface area (Å²) < 4.78 is 16.7. The maximum absolute atomic E-state index is 13.2. The lowest BCUT2D eigenvalue weighted by atomic mass is 10.0. The van der Waals surface area contributed by atoms with Crippen molar-refractivity contribution in [1.29, 1.82) is 0 Å². The fourth-order valence-electron chi connectivity index (χ4n) is 3.83. The predicted octanol–water partition coefficient (Wildman–Crippen LogP) is 4.40. The van der Waals surface area contributed by atoms with Gasteiger partial charge in [0.15, 0.2) is 11.5 Å². The maximum Gasteiger partial charge on any atom is 0.269 e. The summed E-state index contributed by atoms with van der Waals surface area (Å²) in [5.74, 6) is 0.954. The number of carbonyl (C=O) groups is 1. The van der Waals surface area contributed by atoms with Crippen molar-refractivity contribution in [3.8, 4) is 11.5 Å². The second kappa shape index (κ2) is 10.2. The van der Waals surface area contributed by atoms with Gasteiger partial charge in [-0.25, -0.2) is 0 Å². The van der Waals surface area contributed by atoms with Gasteiger partial charge in [-0.2, -0.15) is 0 Å². The van der Waals surface area contributed by atoms with Crippen LogP contribution in [0.2, 0.25) is 0 Å². The van der Waals surface area contributed by atoms with Gasteiger partial charge in [-0.3, -0.25) is 14.9 Å². The summed E-state index contributed by atoms with van der Waals surface area (Å²) in [6, 6.07) is 19.1. The van der Waals surface area contributed by atoms with Gasteiger partial charge in [-0.05, 0) is 47.5 Å².